The molecule has 2 aromatic carbocycles. The molecule has 0 atom stereocenters. The minimum atomic E-state index is -0.349. The monoisotopic (exact) mass is 391 g/mol. The van der Waals surface area contributed by atoms with Gasteiger partial charge < -0.3 is 15.0 Å². The van der Waals surface area contributed by atoms with E-state index in [1.165, 1.54) is 19.7 Å². The van der Waals surface area contributed by atoms with Gasteiger partial charge in [0.05, 0.1) is 0 Å². The van der Waals surface area contributed by atoms with Crippen LogP contribution in [0, 0.1) is 25.7 Å². The fraction of sp³-hybridized carbons (Fsp3) is 0.261. The molecule has 0 fully saturated rings. The summed E-state index contributed by atoms with van der Waals surface area (Å²) < 4.78 is 0. The van der Waals surface area contributed by atoms with Crippen LogP contribution in [0.25, 0.3) is 0 Å². The van der Waals surface area contributed by atoms with Crippen molar-refractivity contribution in [3.63, 3.8) is 0 Å². The van der Waals surface area contributed by atoms with Gasteiger partial charge in [0.15, 0.2) is 5.71 Å². The van der Waals surface area contributed by atoms with Crippen molar-refractivity contribution in [2.45, 2.75) is 27.4 Å². The smallest absolute Gasteiger partial charge is 0.273 e. The number of carbonyl (C=O) groups excluding carboxylic acids is 1. The van der Waals surface area contributed by atoms with Gasteiger partial charge in [-0.1, -0.05) is 58.2 Å². The molecule has 0 bridgehead atoms. The Morgan fingerprint density at radius 2 is 1.90 bits per heavy atom. The van der Waals surface area contributed by atoms with E-state index < -0.39 is 0 Å². The fourth-order valence-corrected chi connectivity index (χ4v) is 2.63. The van der Waals surface area contributed by atoms with E-state index in [1.807, 2.05) is 37.3 Å². The third-order valence-electron chi connectivity index (χ3n) is 4.08. The molecule has 0 aliphatic carbocycles. The van der Waals surface area contributed by atoms with Crippen molar-refractivity contribution < 1.29 is 14.5 Å². The Morgan fingerprint density at radius 3 is 2.59 bits per heavy atom. The molecule has 0 aliphatic heterocycles. The molecular weight excluding hydrogens is 366 g/mol. The largest absolute Gasteiger partial charge is 0.398 e. The number of nitrogens with zero attached hydrogens (tertiary/aromatic N) is 2. The molecule has 6 nitrogen and oxygen atoms in total. The van der Waals surface area contributed by atoms with E-state index in [-0.39, 0.29) is 18.2 Å². The molecule has 150 valence electrons. The number of benzene rings is 2. The molecule has 0 radical (unpaired) electrons. The average molecular weight is 391 g/mol. The maximum atomic E-state index is 12.1. The van der Waals surface area contributed by atoms with E-state index in [1.54, 1.807) is 13.0 Å². The SMILES string of the molecule is CNC(=O)/C(=N/OC)c1ccccc1CO/N=C(\C)C#Cc1ccc(C)cc1C. The molecule has 1 N–H and O–H groups in total. The van der Waals surface area contributed by atoms with Crippen LogP contribution in [-0.4, -0.2) is 31.5 Å². The maximum Gasteiger partial charge on any atom is 0.273 e. The van der Waals surface area contributed by atoms with Gasteiger partial charge in [-0.2, -0.15) is 0 Å². The van der Waals surface area contributed by atoms with Gasteiger partial charge >= 0.3 is 0 Å². The lowest BCUT2D eigenvalue weighted by Crippen LogP contribution is -2.29. The van der Waals surface area contributed by atoms with E-state index in [2.05, 4.69) is 40.5 Å². The van der Waals surface area contributed by atoms with Crippen molar-refractivity contribution in [3.8, 4) is 11.8 Å². The summed E-state index contributed by atoms with van der Waals surface area (Å²) in [6.45, 7) is 6.03. The Morgan fingerprint density at radius 1 is 1.14 bits per heavy atom. The second-order valence-corrected chi connectivity index (χ2v) is 6.38. The Kier molecular flexibility index (Phi) is 7.99. The second-order valence-electron chi connectivity index (χ2n) is 6.38. The fourth-order valence-electron chi connectivity index (χ4n) is 2.63. The molecule has 0 spiro atoms. The van der Waals surface area contributed by atoms with Gasteiger partial charge in [-0.25, -0.2) is 0 Å². The first-order valence-electron chi connectivity index (χ1n) is 9.13. The first kappa shape index (κ1) is 21.7. The first-order chi connectivity index (χ1) is 14.0. The second kappa shape index (κ2) is 10.7. The average Bonchev–Trinajstić information content (AvgIpc) is 2.71. The zero-order valence-corrected chi connectivity index (χ0v) is 17.4. The van der Waals surface area contributed by atoms with Crippen molar-refractivity contribution >= 4 is 17.3 Å². The molecule has 2 rings (SSSR count). The number of amides is 1. The van der Waals surface area contributed by atoms with Gasteiger partial charge in [-0.15, -0.1) is 0 Å². The van der Waals surface area contributed by atoms with Crippen molar-refractivity contribution in [2.24, 2.45) is 10.3 Å². The number of oxime groups is 2. The van der Waals surface area contributed by atoms with Crippen LogP contribution in [0.5, 0.6) is 0 Å². The molecule has 29 heavy (non-hydrogen) atoms. The highest BCUT2D eigenvalue weighted by Crippen LogP contribution is 2.13. The quantitative estimate of drug-likeness (QED) is 0.466. The molecular formula is C23H25N3O3. The number of aryl methyl sites for hydroxylation is 2. The van der Waals surface area contributed by atoms with Gasteiger partial charge in [0, 0.05) is 23.7 Å². The van der Waals surface area contributed by atoms with Gasteiger partial charge in [-0.05, 0) is 38.3 Å². The number of hydrogen-bond acceptors (Lipinski definition) is 5. The van der Waals surface area contributed by atoms with Crippen LogP contribution < -0.4 is 5.32 Å². The lowest BCUT2D eigenvalue weighted by Gasteiger charge is -2.09. The molecule has 0 heterocycles. The summed E-state index contributed by atoms with van der Waals surface area (Å²) in [7, 11) is 2.93. The summed E-state index contributed by atoms with van der Waals surface area (Å²) in [5, 5.41) is 10.5. The van der Waals surface area contributed by atoms with Gasteiger partial charge in [-0.3, -0.25) is 4.79 Å². The van der Waals surface area contributed by atoms with Crippen LogP contribution in [0.3, 0.4) is 0 Å². The van der Waals surface area contributed by atoms with E-state index in [0.717, 1.165) is 16.7 Å². The Hall–Kier alpha value is -3.59. The lowest BCUT2D eigenvalue weighted by atomic mass is 10.0. The minimum Gasteiger partial charge on any atom is -0.398 e. The number of carbonyl (C=O) groups is 1. The molecule has 2 aromatic rings. The van der Waals surface area contributed by atoms with Crippen LogP contribution in [0.15, 0.2) is 52.8 Å². The summed E-state index contributed by atoms with van der Waals surface area (Å²) in [5.74, 6) is 5.76. The van der Waals surface area contributed by atoms with Crippen molar-refractivity contribution in [1.82, 2.24) is 5.32 Å². The van der Waals surface area contributed by atoms with Crippen LogP contribution in [-0.2, 0) is 21.1 Å². The molecule has 6 heteroatoms. The predicted octanol–water partition coefficient (Wildman–Crippen LogP) is 3.34. The number of nitrogens with one attached hydrogen (secondary N) is 1. The van der Waals surface area contributed by atoms with Gasteiger partial charge in [0.25, 0.3) is 5.91 Å². The Bertz CT molecular complexity index is 998. The normalized spacial score (nSPS) is 11.3. The highest BCUT2D eigenvalue weighted by Gasteiger charge is 2.17. The summed E-state index contributed by atoms with van der Waals surface area (Å²) in [6, 6.07) is 13.4. The van der Waals surface area contributed by atoms with Gasteiger partial charge in [0.1, 0.15) is 19.4 Å². The number of hydrogen-bond donors (Lipinski definition) is 1. The summed E-state index contributed by atoms with van der Waals surface area (Å²) in [6.07, 6.45) is 0. The van der Waals surface area contributed by atoms with Crippen molar-refractivity contribution in [1.29, 1.82) is 0 Å². The van der Waals surface area contributed by atoms with Crippen LogP contribution >= 0.6 is 0 Å². The van der Waals surface area contributed by atoms with Crippen molar-refractivity contribution in [3.05, 3.63) is 70.3 Å². The Labute approximate surface area is 171 Å². The zero-order valence-electron chi connectivity index (χ0n) is 17.4. The maximum absolute atomic E-state index is 12.1. The third kappa shape index (κ3) is 6.22. The molecule has 1 amide bonds. The lowest BCUT2D eigenvalue weighted by molar-refractivity contribution is -0.114. The van der Waals surface area contributed by atoms with E-state index in [4.69, 9.17) is 9.68 Å². The summed E-state index contributed by atoms with van der Waals surface area (Å²) >= 11 is 0. The van der Waals surface area contributed by atoms with E-state index in [0.29, 0.717) is 11.3 Å². The zero-order chi connectivity index (χ0) is 21.2. The van der Waals surface area contributed by atoms with Crippen LogP contribution in [0.2, 0.25) is 0 Å². The van der Waals surface area contributed by atoms with Crippen LogP contribution in [0.4, 0.5) is 0 Å². The molecule has 0 unspecified atom stereocenters. The Balaban J connectivity index is 2.14. The molecule has 0 aromatic heterocycles. The van der Waals surface area contributed by atoms with E-state index in [9.17, 15) is 4.79 Å². The molecule has 0 saturated carbocycles. The van der Waals surface area contributed by atoms with Gasteiger partial charge in [0.2, 0.25) is 0 Å². The minimum absolute atomic E-state index is 0.165. The highest BCUT2D eigenvalue weighted by atomic mass is 16.6. The van der Waals surface area contributed by atoms with E-state index >= 15 is 0 Å². The summed E-state index contributed by atoms with van der Waals surface area (Å²) in [4.78, 5) is 22.4. The van der Waals surface area contributed by atoms with Crippen molar-refractivity contribution in [2.75, 3.05) is 14.2 Å². The van der Waals surface area contributed by atoms with Crippen LogP contribution in [0.1, 0.15) is 34.7 Å². The standard InChI is InChI=1S/C23H25N3O3/c1-16-10-12-19(17(2)14-16)13-11-18(3)25-29-15-20-8-6-7-9-21(20)22(26-28-5)23(27)24-4/h6-10,12,14H,15H2,1-5H3,(H,24,27)/b25-18+,26-22+. The third-order valence-corrected chi connectivity index (χ3v) is 4.08. The first-order valence-corrected chi connectivity index (χ1v) is 9.13. The molecule has 0 saturated heterocycles. The number of rotatable bonds is 6. The number of likely N-dealkylation sites (N-methyl/N-ethyl adjacent to an activating group) is 1. The highest BCUT2D eigenvalue weighted by molar-refractivity contribution is 6.45. The topological polar surface area (TPSA) is 72.3 Å². The summed E-state index contributed by atoms with van der Waals surface area (Å²) in [5.41, 5.74) is 5.38. The predicted molar refractivity (Wildman–Crippen MR) is 115 cm³/mol. The molecule has 0 aliphatic rings.